The molecular formula is C12H23NO. The Labute approximate surface area is 87.2 Å². The van der Waals surface area contributed by atoms with Gasteiger partial charge in [0.2, 0.25) is 0 Å². The van der Waals surface area contributed by atoms with E-state index in [-0.39, 0.29) is 5.60 Å². The zero-order valence-electron chi connectivity index (χ0n) is 9.30. The molecule has 0 unspecified atom stereocenters. The number of rotatable bonds is 2. The van der Waals surface area contributed by atoms with Gasteiger partial charge in [-0.3, -0.25) is 0 Å². The molecule has 2 rings (SSSR count). The highest BCUT2D eigenvalue weighted by atomic mass is 16.5. The van der Waals surface area contributed by atoms with Crippen molar-refractivity contribution in [2.75, 3.05) is 6.54 Å². The SMILES string of the molecule is CC[C@@H]1CCC[C@]2(CC[C@@H](CN)O2)C1. The molecule has 2 nitrogen and oxygen atoms in total. The Bertz CT molecular complexity index is 195. The van der Waals surface area contributed by atoms with E-state index in [1.54, 1.807) is 0 Å². The molecule has 0 amide bonds. The molecule has 1 saturated heterocycles. The Morgan fingerprint density at radius 1 is 1.36 bits per heavy atom. The molecule has 0 bridgehead atoms. The molecule has 1 saturated carbocycles. The van der Waals surface area contributed by atoms with E-state index < -0.39 is 0 Å². The van der Waals surface area contributed by atoms with Crippen LogP contribution < -0.4 is 5.73 Å². The van der Waals surface area contributed by atoms with Crippen LogP contribution in [-0.2, 0) is 4.74 Å². The average molecular weight is 197 g/mol. The van der Waals surface area contributed by atoms with Crippen molar-refractivity contribution in [3.63, 3.8) is 0 Å². The van der Waals surface area contributed by atoms with Gasteiger partial charge in [-0.2, -0.15) is 0 Å². The van der Waals surface area contributed by atoms with E-state index in [9.17, 15) is 0 Å². The van der Waals surface area contributed by atoms with Gasteiger partial charge in [0, 0.05) is 6.54 Å². The van der Waals surface area contributed by atoms with Crippen molar-refractivity contribution >= 4 is 0 Å². The first kappa shape index (κ1) is 10.4. The van der Waals surface area contributed by atoms with Gasteiger partial charge < -0.3 is 10.5 Å². The minimum atomic E-state index is 0.239. The maximum Gasteiger partial charge on any atom is 0.0705 e. The second kappa shape index (κ2) is 4.19. The van der Waals surface area contributed by atoms with Crippen LogP contribution in [0.1, 0.15) is 51.9 Å². The Balaban J connectivity index is 1.95. The molecule has 1 heterocycles. The van der Waals surface area contributed by atoms with Gasteiger partial charge >= 0.3 is 0 Å². The standard InChI is InChI=1S/C12H23NO/c1-2-10-4-3-6-12(8-10)7-5-11(9-13)14-12/h10-11H,2-9,13H2,1H3/t10-,11+,12+/m1/s1. The Morgan fingerprint density at radius 2 is 2.21 bits per heavy atom. The van der Waals surface area contributed by atoms with Gasteiger partial charge in [-0.1, -0.05) is 26.2 Å². The largest absolute Gasteiger partial charge is 0.370 e. The van der Waals surface area contributed by atoms with Crippen molar-refractivity contribution in [3.8, 4) is 0 Å². The maximum absolute atomic E-state index is 6.15. The zero-order chi connectivity index (χ0) is 10.0. The van der Waals surface area contributed by atoms with Crippen LogP contribution in [-0.4, -0.2) is 18.2 Å². The lowest BCUT2D eigenvalue weighted by molar-refractivity contribution is -0.0729. The van der Waals surface area contributed by atoms with Crippen LogP contribution in [0.2, 0.25) is 0 Å². The average Bonchev–Trinajstić information content (AvgIpc) is 2.61. The monoisotopic (exact) mass is 197 g/mol. The van der Waals surface area contributed by atoms with E-state index in [2.05, 4.69) is 6.92 Å². The molecule has 2 heteroatoms. The fraction of sp³-hybridized carbons (Fsp3) is 1.00. The van der Waals surface area contributed by atoms with Crippen LogP contribution in [0.4, 0.5) is 0 Å². The number of nitrogens with two attached hydrogens (primary N) is 1. The lowest BCUT2D eigenvalue weighted by Gasteiger charge is -2.37. The summed E-state index contributed by atoms with van der Waals surface area (Å²) in [5, 5.41) is 0. The van der Waals surface area contributed by atoms with E-state index in [4.69, 9.17) is 10.5 Å². The third-order valence-electron chi connectivity index (χ3n) is 4.08. The second-order valence-corrected chi connectivity index (χ2v) is 5.07. The van der Waals surface area contributed by atoms with Crippen molar-refractivity contribution in [2.45, 2.75) is 63.6 Å². The summed E-state index contributed by atoms with van der Waals surface area (Å²) in [6, 6.07) is 0. The molecule has 1 aliphatic carbocycles. The summed E-state index contributed by atoms with van der Waals surface area (Å²) >= 11 is 0. The molecule has 2 aliphatic rings. The van der Waals surface area contributed by atoms with E-state index in [0.29, 0.717) is 12.6 Å². The summed E-state index contributed by atoms with van der Waals surface area (Å²) in [6.45, 7) is 3.01. The molecular weight excluding hydrogens is 174 g/mol. The van der Waals surface area contributed by atoms with Gasteiger partial charge in [0.15, 0.2) is 0 Å². The summed E-state index contributed by atoms with van der Waals surface area (Å²) < 4.78 is 6.15. The molecule has 0 aromatic rings. The Hall–Kier alpha value is -0.0800. The summed E-state index contributed by atoms with van der Waals surface area (Å²) in [4.78, 5) is 0. The first-order valence-corrected chi connectivity index (χ1v) is 6.16. The predicted molar refractivity (Wildman–Crippen MR) is 58.1 cm³/mol. The van der Waals surface area contributed by atoms with Crippen LogP contribution in [0.15, 0.2) is 0 Å². The molecule has 0 aromatic heterocycles. The minimum absolute atomic E-state index is 0.239. The minimum Gasteiger partial charge on any atom is -0.370 e. The second-order valence-electron chi connectivity index (χ2n) is 5.07. The van der Waals surface area contributed by atoms with E-state index in [1.165, 1.54) is 44.9 Å². The van der Waals surface area contributed by atoms with Gasteiger partial charge in [-0.25, -0.2) is 0 Å². The number of hydrogen-bond acceptors (Lipinski definition) is 2. The smallest absolute Gasteiger partial charge is 0.0705 e. The third-order valence-corrected chi connectivity index (χ3v) is 4.08. The zero-order valence-corrected chi connectivity index (χ0v) is 9.30. The van der Waals surface area contributed by atoms with Gasteiger partial charge in [0.1, 0.15) is 0 Å². The number of ether oxygens (including phenoxy) is 1. The fourth-order valence-corrected chi connectivity index (χ4v) is 3.19. The lowest BCUT2D eigenvalue weighted by atomic mass is 9.76. The van der Waals surface area contributed by atoms with Crippen LogP contribution in [0.25, 0.3) is 0 Å². The molecule has 0 radical (unpaired) electrons. The van der Waals surface area contributed by atoms with Crippen molar-refractivity contribution in [1.29, 1.82) is 0 Å². The fourth-order valence-electron chi connectivity index (χ4n) is 3.19. The van der Waals surface area contributed by atoms with Gasteiger partial charge in [0.25, 0.3) is 0 Å². The molecule has 1 aliphatic heterocycles. The molecule has 1 spiro atoms. The first-order valence-electron chi connectivity index (χ1n) is 6.16. The van der Waals surface area contributed by atoms with Crippen LogP contribution in [0.5, 0.6) is 0 Å². The molecule has 0 aromatic carbocycles. The van der Waals surface area contributed by atoms with Crippen LogP contribution in [0, 0.1) is 5.92 Å². The summed E-state index contributed by atoms with van der Waals surface area (Å²) in [7, 11) is 0. The molecule has 14 heavy (non-hydrogen) atoms. The number of hydrogen-bond donors (Lipinski definition) is 1. The topological polar surface area (TPSA) is 35.2 Å². The van der Waals surface area contributed by atoms with Crippen LogP contribution in [0.3, 0.4) is 0 Å². The van der Waals surface area contributed by atoms with Crippen molar-refractivity contribution in [1.82, 2.24) is 0 Å². The van der Waals surface area contributed by atoms with Crippen LogP contribution >= 0.6 is 0 Å². The third kappa shape index (κ3) is 1.96. The molecule has 2 N–H and O–H groups in total. The van der Waals surface area contributed by atoms with E-state index in [1.807, 2.05) is 0 Å². The normalized spacial score (nSPS) is 43.3. The highest BCUT2D eigenvalue weighted by molar-refractivity contribution is 4.93. The predicted octanol–water partition coefficient (Wildman–Crippen LogP) is 2.46. The Morgan fingerprint density at radius 3 is 2.86 bits per heavy atom. The highest BCUT2D eigenvalue weighted by Gasteiger charge is 2.42. The van der Waals surface area contributed by atoms with Crippen molar-refractivity contribution in [3.05, 3.63) is 0 Å². The lowest BCUT2D eigenvalue weighted by Crippen LogP contribution is -2.36. The van der Waals surface area contributed by atoms with Crippen molar-refractivity contribution in [2.24, 2.45) is 11.7 Å². The van der Waals surface area contributed by atoms with E-state index >= 15 is 0 Å². The maximum atomic E-state index is 6.15. The summed E-state index contributed by atoms with van der Waals surface area (Å²) in [5.41, 5.74) is 5.90. The molecule has 3 atom stereocenters. The summed E-state index contributed by atoms with van der Waals surface area (Å²) in [5.74, 6) is 0.903. The van der Waals surface area contributed by atoms with Gasteiger partial charge in [-0.15, -0.1) is 0 Å². The van der Waals surface area contributed by atoms with Gasteiger partial charge in [0.05, 0.1) is 11.7 Å². The van der Waals surface area contributed by atoms with Gasteiger partial charge in [-0.05, 0) is 31.6 Å². The Kier molecular flexibility index (Phi) is 3.13. The first-order chi connectivity index (χ1) is 6.78. The molecule has 2 fully saturated rings. The van der Waals surface area contributed by atoms with E-state index in [0.717, 1.165) is 5.92 Å². The molecule has 82 valence electrons. The quantitative estimate of drug-likeness (QED) is 0.738. The van der Waals surface area contributed by atoms with Crippen molar-refractivity contribution < 1.29 is 4.74 Å². The highest BCUT2D eigenvalue weighted by Crippen LogP contribution is 2.44. The summed E-state index contributed by atoms with van der Waals surface area (Å²) in [6.07, 6.45) is 9.45.